The van der Waals surface area contributed by atoms with E-state index in [1.807, 2.05) is 9.13 Å². The van der Waals surface area contributed by atoms with E-state index in [4.69, 9.17) is 24.4 Å². The normalized spacial score (nSPS) is 13.1. The number of hydrogen-bond acceptors (Lipinski definition) is 4. The lowest BCUT2D eigenvalue weighted by atomic mass is 9.98. The molecule has 0 saturated heterocycles. The van der Waals surface area contributed by atoms with Gasteiger partial charge in [-0.1, -0.05) is 52.0 Å². The number of aromatic nitrogens is 6. The summed E-state index contributed by atoms with van der Waals surface area (Å²) < 4.78 is 5.35. The largest absolute Gasteiger partial charge is 0.272 e. The molecule has 2 atom stereocenters. The summed E-state index contributed by atoms with van der Waals surface area (Å²) in [6.45, 7) is 8.94. The highest BCUT2D eigenvalue weighted by molar-refractivity contribution is 7.71. The molecule has 2 aromatic carbocycles. The minimum atomic E-state index is 0.550. The molecule has 190 valence electrons. The Bertz CT molecular complexity index is 1270. The van der Waals surface area contributed by atoms with Gasteiger partial charge in [0.25, 0.3) is 0 Å². The van der Waals surface area contributed by atoms with E-state index < -0.39 is 0 Å². The highest BCUT2D eigenvalue weighted by Gasteiger charge is 2.12. The summed E-state index contributed by atoms with van der Waals surface area (Å²) in [7, 11) is 0. The summed E-state index contributed by atoms with van der Waals surface area (Å²) in [5.41, 5.74) is 4.80. The van der Waals surface area contributed by atoms with Crippen LogP contribution in [0.3, 0.4) is 0 Å². The maximum absolute atomic E-state index is 5.54. The Morgan fingerprint density at radius 3 is 1.36 bits per heavy atom. The van der Waals surface area contributed by atoms with Gasteiger partial charge in [-0.15, -0.1) is 0 Å². The van der Waals surface area contributed by atoms with Gasteiger partial charge in [0, 0.05) is 24.2 Å². The Morgan fingerprint density at radius 1 is 0.667 bits per heavy atom. The van der Waals surface area contributed by atoms with Crippen molar-refractivity contribution in [3.63, 3.8) is 0 Å². The molecule has 0 bridgehead atoms. The van der Waals surface area contributed by atoms with Crippen LogP contribution in [0, 0.1) is 9.54 Å². The third-order valence-electron chi connectivity index (χ3n) is 7.20. The van der Waals surface area contributed by atoms with Crippen LogP contribution >= 0.6 is 24.4 Å². The van der Waals surface area contributed by atoms with Crippen LogP contribution in [-0.4, -0.2) is 29.5 Å². The molecule has 36 heavy (non-hydrogen) atoms. The van der Waals surface area contributed by atoms with Gasteiger partial charge in [0.05, 0.1) is 0 Å². The van der Waals surface area contributed by atoms with Crippen LogP contribution < -0.4 is 0 Å². The van der Waals surface area contributed by atoms with Crippen molar-refractivity contribution in [3.05, 3.63) is 80.8 Å². The van der Waals surface area contributed by atoms with Gasteiger partial charge in [-0.2, -0.15) is 10.2 Å². The standard InChI is InChI=1S/C28H36N6S2/c1-5-19(3)21-11-15-23(16-12-21)33-25(29-31-27(33)35)9-7-8-10-26-30-32-28(36)34(26)24-17-13-22(14-18-24)20(4)6-2/h11-20H,5-10H2,1-4H3,(H,31,35)(H,32,36)/t19-,20+. The molecule has 0 unspecified atom stereocenters. The summed E-state index contributed by atoms with van der Waals surface area (Å²) in [5.74, 6) is 3.01. The topological polar surface area (TPSA) is 67.2 Å². The van der Waals surface area contributed by atoms with Gasteiger partial charge in [-0.25, -0.2) is 0 Å². The second kappa shape index (κ2) is 11.9. The lowest BCUT2D eigenvalue weighted by Crippen LogP contribution is -2.05. The van der Waals surface area contributed by atoms with Crippen LogP contribution in [0.25, 0.3) is 11.4 Å². The zero-order valence-corrected chi connectivity index (χ0v) is 23.3. The average Bonchev–Trinajstić information content (AvgIpc) is 3.47. The maximum atomic E-state index is 5.54. The minimum absolute atomic E-state index is 0.550. The Labute approximate surface area is 223 Å². The van der Waals surface area contributed by atoms with Crippen LogP contribution in [0.15, 0.2) is 48.5 Å². The van der Waals surface area contributed by atoms with Crippen LogP contribution in [0.4, 0.5) is 0 Å². The Hall–Kier alpha value is -2.84. The van der Waals surface area contributed by atoms with Crippen molar-refractivity contribution in [2.45, 2.75) is 78.1 Å². The number of hydrogen-bond donors (Lipinski definition) is 2. The van der Waals surface area contributed by atoms with E-state index in [-0.39, 0.29) is 0 Å². The fourth-order valence-corrected chi connectivity index (χ4v) is 4.98. The molecule has 4 aromatic rings. The van der Waals surface area contributed by atoms with E-state index in [1.165, 1.54) is 11.1 Å². The predicted octanol–water partition coefficient (Wildman–Crippen LogP) is 7.77. The number of nitrogens with one attached hydrogen (secondary N) is 2. The summed E-state index contributed by atoms with van der Waals surface area (Å²) in [6, 6.07) is 17.3. The van der Waals surface area contributed by atoms with Crippen LogP contribution in [0.1, 0.15) is 88.0 Å². The first-order valence-electron chi connectivity index (χ1n) is 13.0. The second-order valence-corrected chi connectivity index (χ2v) is 10.3. The number of unbranched alkanes of at least 4 members (excludes halogenated alkanes) is 1. The number of aromatic amines is 2. The molecular weight excluding hydrogens is 484 g/mol. The molecule has 0 fully saturated rings. The Kier molecular flexibility index (Phi) is 8.69. The van der Waals surface area contributed by atoms with E-state index in [1.54, 1.807) is 0 Å². The third-order valence-corrected chi connectivity index (χ3v) is 7.75. The molecule has 0 aliphatic rings. The average molecular weight is 521 g/mol. The van der Waals surface area contributed by atoms with Crippen molar-refractivity contribution in [3.8, 4) is 11.4 Å². The molecule has 2 N–H and O–H groups in total. The van der Waals surface area contributed by atoms with Crippen molar-refractivity contribution >= 4 is 24.4 Å². The van der Waals surface area contributed by atoms with Gasteiger partial charge in [-0.05, 0) is 97.3 Å². The summed E-state index contributed by atoms with van der Waals surface area (Å²) >= 11 is 11.1. The number of nitrogens with zero attached hydrogens (tertiary/aromatic N) is 4. The summed E-state index contributed by atoms with van der Waals surface area (Å²) in [6.07, 6.45) is 5.85. The first kappa shape index (κ1) is 26.2. The number of H-pyrrole nitrogens is 2. The molecule has 0 aliphatic carbocycles. The van der Waals surface area contributed by atoms with E-state index in [0.717, 1.165) is 61.5 Å². The highest BCUT2D eigenvalue weighted by atomic mass is 32.1. The van der Waals surface area contributed by atoms with Crippen molar-refractivity contribution in [1.29, 1.82) is 0 Å². The quantitative estimate of drug-likeness (QED) is 0.157. The van der Waals surface area contributed by atoms with Gasteiger partial charge in [-0.3, -0.25) is 19.3 Å². The van der Waals surface area contributed by atoms with Gasteiger partial charge in [0.2, 0.25) is 0 Å². The van der Waals surface area contributed by atoms with Crippen LogP contribution in [-0.2, 0) is 12.8 Å². The first-order chi connectivity index (χ1) is 17.4. The SMILES string of the molecule is CC[C@@H](C)c1ccc(-n2c(CCCCc3n[nH]c(=S)n3-c3ccc([C@@H](C)CC)cc3)n[nH]c2=S)cc1. The third kappa shape index (κ3) is 5.76. The fourth-order valence-electron chi connectivity index (χ4n) is 4.47. The molecule has 2 aromatic heterocycles. The van der Waals surface area contributed by atoms with E-state index in [2.05, 4.69) is 96.6 Å². The predicted molar refractivity (Wildman–Crippen MR) is 152 cm³/mol. The lowest BCUT2D eigenvalue weighted by molar-refractivity contribution is 0.669. The molecule has 0 aliphatic heterocycles. The highest BCUT2D eigenvalue weighted by Crippen LogP contribution is 2.23. The molecule has 6 nitrogen and oxygen atoms in total. The monoisotopic (exact) mass is 520 g/mol. The lowest BCUT2D eigenvalue weighted by Gasteiger charge is -2.12. The zero-order chi connectivity index (χ0) is 25.7. The van der Waals surface area contributed by atoms with Gasteiger partial charge >= 0.3 is 0 Å². The van der Waals surface area contributed by atoms with Crippen molar-refractivity contribution in [1.82, 2.24) is 29.5 Å². The van der Waals surface area contributed by atoms with Crippen molar-refractivity contribution in [2.75, 3.05) is 0 Å². The van der Waals surface area contributed by atoms with Gasteiger partial charge in [0.1, 0.15) is 11.6 Å². The van der Waals surface area contributed by atoms with Crippen LogP contribution in [0.5, 0.6) is 0 Å². The molecular formula is C28H36N6S2. The fraction of sp³-hybridized carbons (Fsp3) is 0.429. The van der Waals surface area contributed by atoms with Crippen molar-refractivity contribution < 1.29 is 0 Å². The first-order valence-corrected chi connectivity index (χ1v) is 13.8. The van der Waals surface area contributed by atoms with Gasteiger partial charge < -0.3 is 0 Å². The molecule has 8 heteroatoms. The van der Waals surface area contributed by atoms with E-state index in [0.29, 0.717) is 21.4 Å². The van der Waals surface area contributed by atoms with Crippen LogP contribution in [0.2, 0.25) is 0 Å². The zero-order valence-electron chi connectivity index (χ0n) is 21.6. The summed E-state index contributed by atoms with van der Waals surface area (Å²) in [5, 5.41) is 15.0. The minimum Gasteiger partial charge on any atom is -0.272 e. The summed E-state index contributed by atoms with van der Waals surface area (Å²) in [4.78, 5) is 0. The molecule has 0 radical (unpaired) electrons. The second-order valence-electron chi connectivity index (χ2n) is 9.57. The number of aryl methyl sites for hydroxylation is 2. The van der Waals surface area contributed by atoms with Gasteiger partial charge in [0.15, 0.2) is 9.54 Å². The molecule has 0 saturated carbocycles. The van der Waals surface area contributed by atoms with E-state index in [9.17, 15) is 0 Å². The smallest absolute Gasteiger partial charge is 0.199 e. The number of benzene rings is 2. The molecule has 0 spiro atoms. The number of rotatable bonds is 11. The van der Waals surface area contributed by atoms with Crippen molar-refractivity contribution in [2.24, 2.45) is 0 Å². The Morgan fingerprint density at radius 2 is 1.03 bits per heavy atom. The maximum Gasteiger partial charge on any atom is 0.199 e. The molecule has 4 rings (SSSR count). The Balaban J connectivity index is 1.41. The molecule has 2 heterocycles. The molecule has 0 amide bonds. The van der Waals surface area contributed by atoms with E-state index >= 15 is 0 Å².